The fraction of sp³-hybridized carbons (Fsp3) is 0.500. The molecule has 1 atom stereocenters. The standard InChI is InChI=1S/C16H23N5O2/c1-11(2)21-10-17-19-16(21)13(4)18-14(22)8-9-20-12(3)6-5-7-15(20)23/h5-7,10-11,13H,8-9H2,1-4H3,(H,18,22)/t13-/m0/s1. The Morgan fingerprint density at radius 1 is 1.30 bits per heavy atom. The quantitative estimate of drug-likeness (QED) is 0.877. The Balaban J connectivity index is 1.97. The zero-order chi connectivity index (χ0) is 17.0. The van der Waals surface area contributed by atoms with Crippen molar-refractivity contribution in [2.24, 2.45) is 0 Å². The van der Waals surface area contributed by atoms with Gasteiger partial charge in [0, 0.05) is 30.8 Å². The molecule has 0 spiro atoms. The molecule has 23 heavy (non-hydrogen) atoms. The molecular formula is C16H23N5O2. The average Bonchev–Trinajstić information content (AvgIpc) is 2.96. The van der Waals surface area contributed by atoms with Gasteiger partial charge >= 0.3 is 0 Å². The van der Waals surface area contributed by atoms with Crippen LogP contribution >= 0.6 is 0 Å². The SMILES string of the molecule is Cc1cccc(=O)n1CCC(=O)N[C@@H](C)c1nncn1C(C)C. The van der Waals surface area contributed by atoms with E-state index in [1.807, 2.05) is 38.3 Å². The van der Waals surface area contributed by atoms with Gasteiger partial charge in [-0.2, -0.15) is 0 Å². The third kappa shape index (κ3) is 4.06. The van der Waals surface area contributed by atoms with E-state index in [9.17, 15) is 9.59 Å². The van der Waals surface area contributed by atoms with E-state index in [1.54, 1.807) is 17.0 Å². The van der Waals surface area contributed by atoms with Crippen LogP contribution in [-0.2, 0) is 11.3 Å². The Morgan fingerprint density at radius 2 is 2.04 bits per heavy atom. The summed E-state index contributed by atoms with van der Waals surface area (Å²) >= 11 is 0. The Kier molecular flexibility index (Phi) is 5.31. The molecule has 0 radical (unpaired) electrons. The van der Waals surface area contributed by atoms with Crippen molar-refractivity contribution < 1.29 is 4.79 Å². The van der Waals surface area contributed by atoms with Crippen LogP contribution in [0.15, 0.2) is 29.3 Å². The molecule has 0 aliphatic rings. The molecule has 0 aliphatic carbocycles. The lowest BCUT2D eigenvalue weighted by Crippen LogP contribution is -2.31. The van der Waals surface area contributed by atoms with Gasteiger partial charge in [-0.15, -0.1) is 10.2 Å². The minimum absolute atomic E-state index is 0.0922. The van der Waals surface area contributed by atoms with Crippen molar-refractivity contribution in [3.63, 3.8) is 0 Å². The molecule has 1 N–H and O–H groups in total. The number of nitrogens with one attached hydrogen (secondary N) is 1. The zero-order valence-electron chi connectivity index (χ0n) is 14.0. The smallest absolute Gasteiger partial charge is 0.250 e. The van der Waals surface area contributed by atoms with Gasteiger partial charge in [-0.3, -0.25) is 9.59 Å². The summed E-state index contributed by atoms with van der Waals surface area (Å²) in [5.74, 6) is 0.604. The van der Waals surface area contributed by atoms with Crippen LogP contribution in [-0.4, -0.2) is 25.2 Å². The highest BCUT2D eigenvalue weighted by Crippen LogP contribution is 2.14. The van der Waals surface area contributed by atoms with Crippen molar-refractivity contribution in [1.29, 1.82) is 0 Å². The van der Waals surface area contributed by atoms with Crippen molar-refractivity contribution in [2.75, 3.05) is 0 Å². The summed E-state index contributed by atoms with van der Waals surface area (Å²) in [7, 11) is 0. The molecule has 2 aromatic heterocycles. The summed E-state index contributed by atoms with van der Waals surface area (Å²) in [5.41, 5.74) is 0.753. The number of pyridine rings is 1. The number of hydrogen-bond acceptors (Lipinski definition) is 4. The first-order chi connectivity index (χ1) is 10.9. The van der Waals surface area contributed by atoms with Crippen molar-refractivity contribution in [1.82, 2.24) is 24.6 Å². The van der Waals surface area contributed by atoms with E-state index in [0.717, 1.165) is 11.5 Å². The topological polar surface area (TPSA) is 81.8 Å². The lowest BCUT2D eigenvalue weighted by atomic mass is 10.2. The number of carbonyl (C=O) groups is 1. The van der Waals surface area contributed by atoms with Gasteiger partial charge in [0.05, 0.1) is 6.04 Å². The fourth-order valence-corrected chi connectivity index (χ4v) is 2.46. The second kappa shape index (κ2) is 7.21. The number of carbonyl (C=O) groups excluding carboxylic acids is 1. The minimum Gasteiger partial charge on any atom is -0.346 e. The molecule has 2 aromatic rings. The van der Waals surface area contributed by atoms with Crippen LogP contribution in [0.25, 0.3) is 0 Å². The molecule has 7 nitrogen and oxygen atoms in total. The van der Waals surface area contributed by atoms with Gasteiger partial charge in [0.15, 0.2) is 5.82 Å². The molecule has 7 heteroatoms. The van der Waals surface area contributed by atoms with Gasteiger partial charge in [0.2, 0.25) is 5.91 Å². The first-order valence-corrected chi connectivity index (χ1v) is 7.75. The van der Waals surface area contributed by atoms with E-state index in [4.69, 9.17) is 0 Å². The number of amides is 1. The Labute approximate surface area is 135 Å². The van der Waals surface area contributed by atoms with Crippen molar-refractivity contribution in [3.05, 3.63) is 46.4 Å². The predicted molar refractivity (Wildman–Crippen MR) is 87.0 cm³/mol. The minimum atomic E-state index is -0.235. The number of aromatic nitrogens is 4. The molecule has 0 unspecified atom stereocenters. The Bertz CT molecular complexity index is 732. The second-order valence-corrected chi connectivity index (χ2v) is 5.89. The number of hydrogen-bond donors (Lipinski definition) is 1. The lowest BCUT2D eigenvalue weighted by Gasteiger charge is -2.17. The molecule has 1 amide bonds. The summed E-state index contributed by atoms with van der Waals surface area (Å²) in [6, 6.07) is 5.06. The van der Waals surface area contributed by atoms with Gasteiger partial charge in [-0.25, -0.2) is 0 Å². The van der Waals surface area contributed by atoms with Crippen LogP contribution in [0.5, 0.6) is 0 Å². The fourth-order valence-electron chi connectivity index (χ4n) is 2.46. The van der Waals surface area contributed by atoms with Crippen LogP contribution in [0.4, 0.5) is 0 Å². The maximum absolute atomic E-state index is 12.1. The number of rotatable bonds is 6. The third-order valence-corrected chi connectivity index (χ3v) is 3.75. The third-order valence-electron chi connectivity index (χ3n) is 3.75. The maximum Gasteiger partial charge on any atom is 0.250 e. The van der Waals surface area contributed by atoms with E-state index in [1.165, 1.54) is 6.07 Å². The normalized spacial score (nSPS) is 12.4. The van der Waals surface area contributed by atoms with E-state index in [2.05, 4.69) is 15.5 Å². The van der Waals surface area contributed by atoms with Gasteiger partial charge in [0.25, 0.3) is 5.56 Å². The molecular weight excluding hydrogens is 294 g/mol. The summed E-state index contributed by atoms with van der Waals surface area (Å²) in [6.45, 7) is 8.16. The Morgan fingerprint density at radius 3 is 2.70 bits per heavy atom. The van der Waals surface area contributed by atoms with E-state index in [-0.39, 0.29) is 30.0 Å². The number of aryl methyl sites for hydroxylation is 1. The molecule has 2 rings (SSSR count). The van der Waals surface area contributed by atoms with Crippen molar-refractivity contribution >= 4 is 5.91 Å². The molecule has 0 bridgehead atoms. The van der Waals surface area contributed by atoms with Crippen LogP contribution in [0.3, 0.4) is 0 Å². The summed E-state index contributed by atoms with van der Waals surface area (Å²) in [5, 5.41) is 10.9. The molecule has 0 fully saturated rings. The van der Waals surface area contributed by atoms with Crippen LogP contribution in [0.2, 0.25) is 0 Å². The van der Waals surface area contributed by atoms with Crippen molar-refractivity contribution in [2.45, 2.75) is 52.7 Å². The zero-order valence-corrected chi connectivity index (χ0v) is 14.0. The Hall–Kier alpha value is -2.44. The second-order valence-electron chi connectivity index (χ2n) is 5.89. The monoisotopic (exact) mass is 317 g/mol. The first kappa shape index (κ1) is 16.9. The summed E-state index contributed by atoms with van der Waals surface area (Å²) < 4.78 is 3.53. The molecule has 0 aliphatic heterocycles. The number of nitrogens with zero attached hydrogens (tertiary/aromatic N) is 4. The molecule has 0 saturated heterocycles. The molecule has 124 valence electrons. The van der Waals surface area contributed by atoms with Crippen LogP contribution < -0.4 is 10.9 Å². The highest BCUT2D eigenvalue weighted by Gasteiger charge is 2.17. The van der Waals surface area contributed by atoms with E-state index in [0.29, 0.717) is 6.54 Å². The van der Waals surface area contributed by atoms with Gasteiger partial charge in [0.1, 0.15) is 6.33 Å². The average molecular weight is 317 g/mol. The highest BCUT2D eigenvalue weighted by atomic mass is 16.2. The molecule has 2 heterocycles. The van der Waals surface area contributed by atoms with Gasteiger partial charge in [-0.05, 0) is 33.8 Å². The summed E-state index contributed by atoms with van der Waals surface area (Å²) in [4.78, 5) is 23.9. The summed E-state index contributed by atoms with van der Waals surface area (Å²) in [6.07, 6.45) is 1.90. The first-order valence-electron chi connectivity index (χ1n) is 7.75. The van der Waals surface area contributed by atoms with E-state index >= 15 is 0 Å². The largest absolute Gasteiger partial charge is 0.346 e. The predicted octanol–water partition coefficient (Wildman–Crippen LogP) is 1.60. The van der Waals surface area contributed by atoms with E-state index < -0.39 is 0 Å². The van der Waals surface area contributed by atoms with Gasteiger partial charge < -0.3 is 14.5 Å². The van der Waals surface area contributed by atoms with Crippen molar-refractivity contribution in [3.8, 4) is 0 Å². The highest BCUT2D eigenvalue weighted by molar-refractivity contribution is 5.76. The molecule has 0 saturated carbocycles. The van der Waals surface area contributed by atoms with Crippen LogP contribution in [0.1, 0.15) is 50.8 Å². The van der Waals surface area contributed by atoms with Gasteiger partial charge in [-0.1, -0.05) is 6.07 Å². The lowest BCUT2D eigenvalue weighted by molar-refractivity contribution is -0.122. The maximum atomic E-state index is 12.1. The van der Waals surface area contributed by atoms with Crippen LogP contribution in [0, 0.1) is 6.92 Å². The molecule has 0 aromatic carbocycles.